The van der Waals surface area contributed by atoms with Gasteiger partial charge >= 0.3 is 0 Å². The van der Waals surface area contributed by atoms with E-state index in [2.05, 4.69) is 22.8 Å². The topological polar surface area (TPSA) is 43.8 Å². The monoisotopic (exact) mass is 272 g/mol. The molecule has 0 radical (unpaired) electrons. The fourth-order valence-corrected chi connectivity index (χ4v) is 2.38. The van der Waals surface area contributed by atoms with E-state index in [1.807, 2.05) is 23.1 Å². The van der Waals surface area contributed by atoms with Crippen LogP contribution in [-0.2, 0) is 11.3 Å². The normalized spacial score (nSPS) is 15.6. The molecule has 1 aromatic carbocycles. The minimum atomic E-state index is -0.119. The Kier molecular flexibility index (Phi) is 5.16. The van der Waals surface area contributed by atoms with Crippen molar-refractivity contribution in [2.24, 2.45) is 0 Å². The van der Waals surface area contributed by atoms with Crippen LogP contribution in [0.2, 0.25) is 0 Å². The molecule has 0 atom stereocenters. The minimum absolute atomic E-state index is 0.119. The van der Waals surface area contributed by atoms with E-state index in [0.29, 0.717) is 0 Å². The van der Waals surface area contributed by atoms with Crippen LogP contribution in [0, 0.1) is 11.8 Å². The quantitative estimate of drug-likeness (QED) is 0.806. The van der Waals surface area contributed by atoms with Gasteiger partial charge in [-0.05, 0) is 11.6 Å². The summed E-state index contributed by atoms with van der Waals surface area (Å²) >= 11 is 0. The number of amides is 1. The lowest BCUT2D eigenvalue weighted by atomic mass is 10.1. The molecule has 0 spiro atoms. The molecule has 1 aromatic rings. The number of hydrogen-bond donors (Lipinski definition) is 1. The summed E-state index contributed by atoms with van der Waals surface area (Å²) in [5.41, 5.74) is 2.14. The summed E-state index contributed by atoms with van der Waals surface area (Å²) in [5.74, 6) is 5.84. The number of carbonyl (C=O) groups is 1. The highest BCUT2D eigenvalue weighted by atomic mass is 16.2. The Balaban J connectivity index is 1.99. The van der Waals surface area contributed by atoms with E-state index in [1.165, 1.54) is 5.56 Å². The van der Waals surface area contributed by atoms with Gasteiger partial charge in [0, 0.05) is 45.2 Å². The first kappa shape index (κ1) is 14.6. The standard InChI is InChI=1S/C16H20N2O2/c1-14(20)18-10-8-17(9-11-18)13-16-6-3-2-5-15(16)7-4-12-19/h2-3,5-6,19H,8-13H2,1H3. The molecule has 1 amide bonds. The number of piperazine rings is 1. The Hall–Kier alpha value is -1.83. The predicted octanol–water partition coefficient (Wildman–Crippen LogP) is 0.694. The van der Waals surface area contributed by atoms with Crippen LogP contribution in [0.3, 0.4) is 0 Å². The number of nitrogens with zero attached hydrogens (tertiary/aromatic N) is 2. The van der Waals surface area contributed by atoms with Gasteiger partial charge in [0.1, 0.15) is 6.61 Å². The molecule has 0 saturated carbocycles. The molecule has 1 aliphatic heterocycles. The number of aliphatic hydroxyl groups is 1. The van der Waals surface area contributed by atoms with Gasteiger partial charge in [-0.25, -0.2) is 0 Å². The summed E-state index contributed by atoms with van der Waals surface area (Å²) in [6, 6.07) is 8.01. The fourth-order valence-electron chi connectivity index (χ4n) is 2.38. The summed E-state index contributed by atoms with van der Waals surface area (Å²) < 4.78 is 0. The third kappa shape index (κ3) is 3.83. The van der Waals surface area contributed by atoms with E-state index in [4.69, 9.17) is 5.11 Å². The zero-order valence-corrected chi connectivity index (χ0v) is 11.8. The van der Waals surface area contributed by atoms with Crippen LogP contribution in [0.4, 0.5) is 0 Å². The SMILES string of the molecule is CC(=O)N1CCN(Cc2ccccc2C#CCO)CC1. The van der Waals surface area contributed by atoms with Gasteiger partial charge in [0.25, 0.3) is 0 Å². The molecule has 4 nitrogen and oxygen atoms in total. The van der Waals surface area contributed by atoms with Crippen LogP contribution in [-0.4, -0.2) is 53.6 Å². The Bertz CT molecular complexity index is 523. The summed E-state index contributed by atoms with van der Waals surface area (Å²) in [6.07, 6.45) is 0. The van der Waals surface area contributed by atoms with Crippen molar-refractivity contribution in [1.82, 2.24) is 9.80 Å². The van der Waals surface area contributed by atoms with Gasteiger partial charge in [-0.3, -0.25) is 9.69 Å². The first-order valence-electron chi connectivity index (χ1n) is 6.86. The highest BCUT2D eigenvalue weighted by Crippen LogP contribution is 2.12. The van der Waals surface area contributed by atoms with Crippen molar-refractivity contribution < 1.29 is 9.90 Å². The molecule has 1 saturated heterocycles. The molecule has 0 bridgehead atoms. The molecule has 1 heterocycles. The molecular weight excluding hydrogens is 252 g/mol. The molecule has 2 rings (SSSR count). The van der Waals surface area contributed by atoms with Gasteiger partial charge in [0.15, 0.2) is 0 Å². The average Bonchev–Trinajstić information content (AvgIpc) is 2.47. The number of benzene rings is 1. The van der Waals surface area contributed by atoms with E-state index in [0.717, 1.165) is 38.3 Å². The van der Waals surface area contributed by atoms with Crippen molar-refractivity contribution in [3.63, 3.8) is 0 Å². The second-order valence-electron chi connectivity index (χ2n) is 4.90. The van der Waals surface area contributed by atoms with E-state index < -0.39 is 0 Å². The van der Waals surface area contributed by atoms with Crippen molar-refractivity contribution in [2.75, 3.05) is 32.8 Å². The molecule has 1 N–H and O–H groups in total. The Morgan fingerprint density at radius 3 is 2.60 bits per heavy atom. The Labute approximate surface area is 120 Å². The summed E-state index contributed by atoms with van der Waals surface area (Å²) in [4.78, 5) is 15.5. The van der Waals surface area contributed by atoms with E-state index in [-0.39, 0.29) is 12.5 Å². The number of hydrogen-bond acceptors (Lipinski definition) is 3. The molecule has 4 heteroatoms. The summed E-state index contributed by atoms with van der Waals surface area (Å²) in [6.45, 7) is 5.70. The van der Waals surface area contributed by atoms with Crippen molar-refractivity contribution in [1.29, 1.82) is 0 Å². The molecule has 20 heavy (non-hydrogen) atoms. The first-order valence-corrected chi connectivity index (χ1v) is 6.86. The maximum absolute atomic E-state index is 11.3. The van der Waals surface area contributed by atoms with Crippen LogP contribution < -0.4 is 0 Å². The highest BCUT2D eigenvalue weighted by Gasteiger charge is 2.18. The Morgan fingerprint density at radius 1 is 1.25 bits per heavy atom. The van der Waals surface area contributed by atoms with Gasteiger partial charge in [0.2, 0.25) is 5.91 Å². The molecule has 0 aliphatic carbocycles. The number of carbonyl (C=O) groups excluding carboxylic acids is 1. The lowest BCUT2D eigenvalue weighted by molar-refractivity contribution is -0.130. The maximum atomic E-state index is 11.3. The largest absolute Gasteiger partial charge is 0.384 e. The van der Waals surface area contributed by atoms with Crippen LogP contribution in [0.1, 0.15) is 18.1 Å². The average molecular weight is 272 g/mol. The van der Waals surface area contributed by atoms with Crippen LogP contribution in [0.5, 0.6) is 0 Å². The molecular formula is C16H20N2O2. The third-order valence-corrected chi connectivity index (χ3v) is 3.53. The zero-order chi connectivity index (χ0) is 14.4. The van der Waals surface area contributed by atoms with Crippen LogP contribution in [0.15, 0.2) is 24.3 Å². The number of rotatable bonds is 2. The predicted molar refractivity (Wildman–Crippen MR) is 77.9 cm³/mol. The third-order valence-electron chi connectivity index (χ3n) is 3.53. The van der Waals surface area contributed by atoms with E-state index in [9.17, 15) is 4.79 Å². The second kappa shape index (κ2) is 7.09. The van der Waals surface area contributed by atoms with Crippen molar-refractivity contribution >= 4 is 5.91 Å². The smallest absolute Gasteiger partial charge is 0.219 e. The molecule has 0 aromatic heterocycles. The van der Waals surface area contributed by atoms with Gasteiger partial charge in [-0.1, -0.05) is 30.0 Å². The fraction of sp³-hybridized carbons (Fsp3) is 0.438. The van der Waals surface area contributed by atoms with E-state index >= 15 is 0 Å². The van der Waals surface area contributed by atoms with Gasteiger partial charge in [-0.15, -0.1) is 0 Å². The van der Waals surface area contributed by atoms with Crippen molar-refractivity contribution in [3.05, 3.63) is 35.4 Å². The first-order chi connectivity index (χ1) is 9.70. The van der Waals surface area contributed by atoms with Gasteiger partial charge < -0.3 is 10.0 Å². The highest BCUT2D eigenvalue weighted by molar-refractivity contribution is 5.73. The van der Waals surface area contributed by atoms with Crippen LogP contribution in [0.25, 0.3) is 0 Å². The van der Waals surface area contributed by atoms with Gasteiger partial charge in [-0.2, -0.15) is 0 Å². The maximum Gasteiger partial charge on any atom is 0.219 e. The number of aliphatic hydroxyl groups excluding tert-OH is 1. The van der Waals surface area contributed by atoms with Crippen LogP contribution >= 0.6 is 0 Å². The molecule has 0 unspecified atom stereocenters. The lowest BCUT2D eigenvalue weighted by Gasteiger charge is -2.34. The van der Waals surface area contributed by atoms with Crippen molar-refractivity contribution in [3.8, 4) is 11.8 Å². The summed E-state index contributed by atoms with van der Waals surface area (Å²) in [5, 5.41) is 8.80. The minimum Gasteiger partial charge on any atom is -0.384 e. The summed E-state index contributed by atoms with van der Waals surface area (Å²) in [7, 11) is 0. The van der Waals surface area contributed by atoms with Gasteiger partial charge in [0.05, 0.1) is 0 Å². The lowest BCUT2D eigenvalue weighted by Crippen LogP contribution is -2.47. The second-order valence-corrected chi connectivity index (χ2v) is 4.90. The molecule has 1 aliphatic rings. The zero-order valence-electron chi connectivity index (χ0n) is 11.8. The molecule has 106 valence electrons. The molecule has 1 fully saturated rings. The van der Waals surface area contributed by atoms with Crippen molar-refractivity contribution in [2.45, 2.75) is 13.5 Å². The Morgan fingerprint density at radius 2 is 1.95 bits per heavy atom. The van der Waals surface area contributed by atoms with E-state index in [1.54, 1.807) is 6.92 Å².